The van der Waals surface area contributed by atoms with Gasteiger partial charge in [-0.3, -0.25) is 0 Å². The van der Waals surface area contributed by atoms with E-state index in [1.165, 1.54) is 30.4 Å². The Hall–Kier alpha value is -1.81. The molecule has 4 rings (SSSR count). The molecule has 1 N–H and O–H groups in total. The van der Waals surface area contributed by atoms with Gasteiger partial charge in [0.25, 0.3) is 0 Å². The van der Waals surface area contributed by atoms with Crippen molar-refractivity contribution in [3.63, 3.8) is 0 Å². The standard InChI is InChI=1S/C17H21N3O/c1-2-15(16(3-1)20-8-7-18-12-20)19-11-13-4-5-17-14(10-13)6-9-21-17/h4-5,7-8,10,12,15-16,19H,1-3,6,9,11H2. The second kappa shape index (κ2) is 5.53. The van der Waals surface area contributed by atoms with Gasteiger partial charge < -0.3 is 14.6 Å². The highest BCUT2D eigenvalue weighted by Gasteiger charge is 2.27. The Bertz CT molecular complexity index is 609. The number of rotatable bonds is 4. The van der Waals surface area contributed by atoms with Gasteiger partial charge in [-0.15, -0.1) is 0 Å². The first-order chi connectivity index (χ1) is 10.4. The van der Waals surface area contributed by atoms with Crippen LogP contribution in [0.5, 0.6) is 5.75 Å². The fourth-order valence-electron chi connectivity index (χ4n) is 3.60. The second-order valence-corrected chi connectivity index (χ2v) is 6.04. The van der Waals surface area contributed by atoms with Gasteiger partial charge in [-0.05, 0) is 36.5 Å². The Labute approximate surface area is 125 Å². The number of fused-ring (bicyclic) bond motifs is 1. The summed E-state index contributed by atoms with van der Waals surface area (Å²) in [6.45, 7) is 1.76. The predicted octanol–water partition coefficient (Wildman–Crippen LogP) is 2.70. The van der Waals surface area contributed by atoms with Gasteiger partial charge in [0, 0.05) is 37.4 Å². The van der Waals surface area contributed by atoms with Crippen LogP contribution in [0.3, 0.4) is 0 Å². The number of hydrogen-bond acceptors (Lipinski definition) is 3. The van der Waals surface area contributed by atoms with E-state index in [4.69, 9.17) is 4.74 Å². The molecule has 1 aliphatic heterocycles. The third-order valence-corrected chi connectivity index (χ3v) is 4.71. The molecule has 1 aromatic carbocycles. The van der Waals surface area contributed by atoms with E-state index in [0.717, 1.165) is 25.3 Å². The first-order valence-corrected chi connectivity index (χ1v) is 7.85. The molecule has 21 heavy (non-hydrogen) atoms. The van der Waals surface area contributed by atoms with Crippen LogP contribution in [-0.4, -0.2) is 22.2 Å². The van der Waals surface area contributed by atoms with E-state index >= 15 is 0 Å². The van der Waals surface area contributed by atoms with Crippen LogP contribution in [0.2, 0.25) is 0 Å². The highest BCUT2D eigenvalue weighted by molar-refractivity contribution is 5.39. The van der Waals surface area contributed by atoms with Crippen molar-refractivity contribution in [1.82, 2.24) is 14.9 Å². The molecule has 2 heterocycles. The van der Waals surface area contributed by atoms with Crippen molar-refractivity contribution in [2.24, 2.45) is 0 Å². The summed E-state index contributed by atoms with van der Waals surface area (Å²) in [5.74, 6) is 1.07. The number of imidazole rings is 1. The number of benzene rings is 1. The van der Waals surface area contributed by atoms with Gasteiger partial charge >= 0.3 is 0 Å². The molecule has 0 bridgehead atoms. The summed E-state index contributed by atoms with van der Waals surface area (Å²) >= 11 is 0. The van der Waals surface area contributed by atoms with Gasteiger partial charge in [-0.25, -0.2) is 4.98 Å². The van der Waals surface area contributed by atoms with E-state index in [1.54, 1.807) is 0 Å². The molecule has 1 aromatic heterocycles. The molecule has 2 atom stereocenters. The number of ether oxygens (including phenoxy) is 1. The van der Waals surface area contributed by atoms with Crippen molar-refractivity contribution in [3.05, 3.63) is 48.0 Å². The van der Waals surface area contributed by atoms with E-state index in [9.17, 15) is 0 Å². The number of nitrogens with zero attached hydrogens (tertiary/aromatic N) is 2. The Morgan fingerprint density at radius 2 is 2.33 bits per heavy atom. The van der Waals surface area contributed by atoms with Crippen molar-refractivity contribution in [3.8, 4) is 5.75 Å². The Balaban J connectivity index is 1.42. The number of aromatic nitrogens is 2. The van der Waals surface area contributed by atoms with Gasteiger partial charge in [0.05, 0.1) is 12.9 Å². The maximum Gasteiger partial charge on any atom is 0.122 e. The third-order valence-electron chi connectivity index (χ3n) is 4.71. The average Bonchev–Trinajstić information content (AvgIpc) is 3.24. The lowest BCUT2D eigenvalue weighted by molar-refractivity contribution is 0.356. The predicted molar refractivity (Wildman–Crippen MR) is 81.4 cm³/mol. The van der Waals surface area contributed by atoms with Crippen LogP contribution >= 0.6 is 0 Å². The molecule has 1 aliphatic carbocycles. The van der Waals surface area contributed by atoms with E-state index in [2.05, 4.69) is 39.3 Å². The van der Waals surface area contributed by atoms with Gasteiger partial charge in [-0.2, -0.15) is 0 Å². The second-order valence-electron chi connectivity index (χ2n) is 6.04. The van der Waals surface area contributed by atoms with Crippen molar-refractivity contribution >= 4 is 0 Å². The van der Waals surface area contributed by atoms with Crippen molar-refractivity contribution < 1.29 is 4.74 Å². The van der Waals surface area contributed by atoms with E-state index in [-0.39, 0.29) is 0 Å². The summed E-state index contributed by atoms with van der Waals surface area (Å²) < 4.78 is 7.82. The van der Waals surface area contributed by atoms with Crippen molar-refractivity contribution in [1.29, 1.82) is 0 Å². The Morgan fingerprint density at radius 3 is 3.24 bits per heavy atom. The Morgan fingerprint density at radius 1 is 1.33 bits per heavy atom. The molecule has 2 unspecified atom stereocenters. The van der Waals surface area contributed by atoms with E-state index in [1.807, 2.05) is 12.5 Å². The summed E-state index contributed by atoms with van der Waals surface area (Å²) in [6.07, 6.45) is 10.7. The zero-order valence-electron chi connectivity index (χ0n) is 12.2. The topological polar surface area (TPSA) is 39.1 Å². The van der Waals surface area contributed by atoms with Crippen LogP contribution < -0.4 is 10.1 Å². The van der Waals surface area contributed by atoms with Gasteiger partial charge in [-0.1, -0.05) is 12.1 Å². The molecule has 1 saturated carbocycles. The minimum atomic E-state index is 0.545. The fourth-order valence-corrected chi connectivity index (χ4v) is 3.60. The van der Waals surface area contributed by atoms with Crippen LogP contribution in [0, 0.1) is 0 Å². The molecular formula is C17H21N3O. The van der Waals surface area contributed by atoms with E-state index < -0.39 is 0 Å². The quantitative estimate of drug-likeness (QED) is 0.937. The highest BCUT2D eigenvalue weighted by Crippen LogP contribution is 2.30. The SMILES string of the molecule is c1cn(C2CCCC2NCc2ccc3c(c2)CCO3)cn1. The first kappa shape index (κ1) is 12.9. The summed E-state index contributed by atoms with van der Waals surface area (Å²) in [4.78, 5) is 4.18. The Kier molecular flexibility index (Phi) is 3.39. The summed E-state index contributed by atoms with van der Waals surface area (Å²) in [6, 6.07) is 7.67. The number of hydrogen-bond donors (Lipinski definition) is 1. The summed E-state index contributed by atoms with van der Waals surface area (Å²) in [7, 11) is 0. The minimum Gasteiger partial charge on any atom is -0.493 e. The van der Waals surface area contributed by atoms with Crippen LogP contribution in [0.1, 0.15) is 36.4 Å². The largest absolute Gasteiger partial charge is 0.493 e. The molecule has 2 aliphatic rings. The lowest BCUT2D eigenvalue weighted by Gasteiger charge is -2.22. The van der Waals surface area contributed by atoms with Crippen LogP contribution in [0.4, 0.5) is 0 Å². The third kappa shape index (κ3) is 2.56. The van der Waals surface area contributed by atoms with Gasteiger partial charge in [0.2, 0.25) is 0 Å². The molecule has 0 spiro atoms. The molecule has 2 aromatic rings. The molecule has 110 valence electrons. The molecule has 0 saturated heterocycles. The molecule has 0 radical (unpaired) electrons. The van der Waals surface area contributed by atoms with Crippen LogP contribution in [0.15, 0.2) is 36.9 Å². The molecule has 4 nitrogen and oxygen atoms in total. The lowest BCUT2D eigenvalue weighted by Crippen LogP contribution is -2.33. The molecule has 4 heteroatoms. The molecular weight excluding hydrogens is 262 g/mol. The molecule has 1 fully saturated rings. The summed E-state index contributed by atoms with van der Waals surface area (Å²) in [5.41, 5.74) is 2.71. The van der Waals surface area contributed by atoms with E-state index in [0.29, 0.717) is 12.1 Å². The van der Waals surface area contributed by atoms with Gasteiger partial charge in [0.1, 0.15) is 5.75 Å². The number of nitrogens with one attached hydrogen (secondary N) is 1. The first-order valence-electron chi connectivity index (χ1n) is 7.85. The van der Waals surface area contributed by atoms with Gasteiger partial charge in [0.15, 0.2) is 0 Å². The fraction of sp³-hybridized carbons (Fsp3) is 0.471. The van der Waals surface area contributed by atoms with Crippen LogP contribution in [0.25, 0.3) is 0 Å². The smallest absolute Gasteiger partial charge is 0.122 e. The normalized spacial score (nSPS) is 24.0. The average molecular weight is 283 g/mol. The maximum absolute atomic E-state index is 5.57. The monoisotopic (exact) mass is 283 g/mol. The maximum atomic E-state index is 5.57. The molecule has 0 amide bonds. The zero-order chi connectivity index (χ0) is 14.1. The highest BCUT2D eigenvalue weighted by atomic mass is 16.5. The lowest BCUT2D eigenvalue weighted by atomic mass is 10.1. The van der Waals surface area contributed by atoms with Crippen molar-refractivity contribution in [2.45, 2.75) is 44.3 Å². The van der Waals surface area contributed by atoms with Crippen molar-refractivity contribution in [2.75, 3.05) is 6.61 Å². The minimum absolute atomic E-state index is 0.545. The summed E-state index contributed by atoms with van der Waals surface area (Å²) in [5, 5.41) is 3.74. The van der Waals surface area contributed by atoms with Crippen LogP contribution in [-0.2, 0) is 13.0 Å². The zero-order valence-corrected chi connectivity index (χ0v) is 12.2.